The van der Waals surface area contributed by atoms with Gasteiger partial charge in [-0.25, -0.2) is 0 Å². The Balaban J connectivity index is 1.01. The van der Waals surface area contributed by atoms with E-state index in [2.05, 4.69) is 243 Å². The molecule has 0 fully saturated rings. The minimum absolute atomic E-state index is 0.490. The van der Waals surface area contributed by atoms with Gasteiger partial charge in [0.1, 0.15) is 0 Å². The van der Waals surface area contributed by atoms with Crippen LogP contribution >= 0.6 is 0 Å². The molecule has 0 amide bonds. The van der Waals surface area contributed by atoms with E-state index in [-0.39, 0.29) is 0 Å². The number of fused-ring (bicyclic) bond motifs is 20. The molecular formula is C67H40. The van der Waals surface area contributed by atoms with Crippen molar-refractivity contribution in [2.75, 3.05) is 0 Å². The average molecular weight is 845 g/mol. The lowest BCUT2D eigenvalue weighted by Gasteiger charge is -2.32. The zero-order valence-corrected chi connectivity index (χ0v) is 36.6. The summed E-state index contributed by atoms with van der Waals surface area (Å²) in [4.78, 5) is 0. The van der Waals surface area contributed by atoms with E-state index in [4.69, 9.17) is 0 Å². The van der Waals surface area contributed by atoms with Crippen molar-refractivity contribution >= 4 is 64.6 Å². The van der Waals surface area contributed by atoms with Crippen LogP contribution in [0.15, 0.2) is 243 Å². The Morgan fingerprint density at radius 1 is 0.209 bits per heavy atom. The van der Waals surface area contributed by atoms with Gasteiger partial charge < -0.3 is 0 Å². The van der Waals surface area contributed by atoms with Crippen LogP contribution in [0, 0.1) is 0 Å². The lowest BCUT2D eigenvalue weighted by Crippen LogP contribution is -2.26. The van der Waals surface area contributed by atoms with Crippen molar-refractivity contribution in [2.45, 2.75) is 5.41 Å². The summed E-state index contributed by atoms with van der Waals surface area (Å²) in [7, 11) is 0. The monoisotopic (exact) mass is 844 g/mol. The smallest absolute Gasteiger partial charge is 0.0619 e. The molecule has 0 radical (unpaired) electrons. The standard InChI is InChI=1S/C67H40/c1-3-19-46-41(16-1)18-15-29-47(46)43-32-34-44(35-33-43)62-53-25-7-9-27-55(53)63(56-28-10-8-26-54(56)62)45-36-38-57-58(40-45)49-21-5-6-24-52(49)65-64-48-20-4-2-17-42(48)37-39-61(64)67(66(57)65)59-30-13-11-22-50(59)51-23-12-14-31-60(51)67/h1-40H. The molecule has 13 aromatic rings. The molecule has 0 aromatic heterocycles. The van der Waals surface area contributed by atoms with Crippen molar-refractivity contribution in [3.63, 3.8) is 0 Å². The highest BCUT2D eigenvalue weighted by atomic mass is 14.5. The molecule has 0 atom stereocenters. The van der Waals surface area contributed by atoms with Crippen molar-refractivity contribution in [2.24, 2.45) is 0 Å². The van der Waals surface area contributed by atoms with Crippen molar-refractivity contribution in [1.82, 2.24) is 0 Å². The lowest BCUT2D eigenvalue weighted by atomic mass is 9.69. The largest absolute Gasteiger partial charge is 0.0732 e. The molecule has 308 valence electrons. The Morgan fingerprint density at radius 2 is 0.657 bits per heavy atom. The summed E-state index contributed by atoms with van der Waals surface area (Å²) in [5.74, 6) is 0. The third-order valence-electron chi connectivity index (χ3n) is 15.4. The first kappa shape index (κ1) is 36.7. The summed E-state index contributed by atoms with van der Waals surface area (Å²) < 4.78 is 0. The SMILES string of the molecule is c1ccc2c(c1)-c1ccccc1C21c2ccc3ccccc3c2-c2c1c1ccc(-c3c4ccccc4c(-c4ccc(-c5cccc6ccccc56)cc4)c4ccccc34)cc1c1ccccc21. The van der Waals surface area contributed by atoms with Gasteiger partial charge in [-0.15, -0.1) is 0 Å². The van der Waals surface area contributed by atoms with Gasteiger partial charge >= 0.3 is 0 Å². The van der Waals surface area contributed by atoms with Crippen LogP contribution in [0.5, 0.6) is 0 Å². The van der Waals surface area contributed by atoms with Gasteiger partial charge in [0.25, 0.3) is 0 Å². The van der Waals surface area contributed by atoms with E-state index in [1.807, 2.05) is 0 Å². The fraction of sp³-hybridized carbons (Fsp3) is 0.0149. The van der Waals surface area contributed by atoms with E-state index in [0.29, 0.717) is 0 Å². The highest BCUT2D eigenvalue weighted by Gasteiger charge is 2.53. The number of rotatable bonds is 3. The Morgan fingerprint density at radius 3 is 1.30 bits per heavy atom. The van der Waals surface area contributed by atoms with Crippen LogP contribution in [-0.4, -0.2) is 0 Å². The third-order valence-corrected chi connectivity index (χ3v) is 15.4. The van der Waals surface area contributed by atoms with Crippen LogP contribution in [0.3, 0.4) is 0 Å². The first-order valence-corrected chi connectivity index (χ1v) is 23.5. The van der Waals surface area contributed by atoms with Crippen LogP contribution < -0.4 is 0 Å². The molecule has 0 nitrogen and oxygen atoms in total. The van der Waals surface area contributed by atoms with Crippen LogP contribution in [-0.2, 0) is 5.41 Å². The van der Waals surface area contributed by atoms with E-state index in [0.717, 1.165) is 0 Å². The maximum absolute atomic E-state index is 2.52. The van der Waals surface area contributed by atoms with Crippen molar-refractivity contribution < 1.29 is 0 Å². The second-order valence-corrected chi connectivity index (χ2v) is 18.6. The zero-order chi connectivity index (χ0) is 43.8. The Labute approximate surface area is 388 Å². The number of hydrogen-bond donors (Lipinski definition) is 0. The quantitative estimate of drug-likeness (QED) is 0.123. The van der Waals surface area contributed by atoms with Gasteiger partial charge in [0.05, 0.1) is 5.41 Å². The zero-order valence-electron chi connectivity index (χ0n) is 36.6. The van der Waals surface area contributed by atoms with E-state index >= 15 is 0 Å². The Bertz CT molecular complexity index is 4150. The van der Waals surface area contributed by atoms with Crippen LogP contribution in [0.2, 0.25) is 0 Å². The van der Waals surface area contributed by atoms with Crippen LogP contribution in [0.25, 0.3) is 120 Å². The molecule has 0 saturated heterocycles. The predicted molar refractivity (Wildman–Crippen MR) is 284 cm³/mol. The summed E-state index contributed by atoms with van der Waals surface area (Å²) >= 11 is 0. The molecule has 0 heterocycles. The summed E-state index contributed by atoms with van der Waals surface area (Å²) in [6.07, 6.45) is 0. The van der Waals surface area contributed by atoms with Gasteiger partial charge in [0.2, 0.25) is 0 Å². The van der Waals surface area contributed by atoms with Gasteiger partial charge in [-0.1, -0.05) is 237 Å². The number of hydrogen-bond acceptors (Lipinski definition) is 0. The Hall–Kier alpha value is -8.58. The molecule has 0 heteroatoms. The van der Waals surface area contributed by atoms with Gasteiger partial charge in [-0.2, -0.15) is 0 Å². The van der Waals surface area contributed by atoms with Gasteiger partial charge in [-0.3, -0.25) is 0 Å². The molecular weight excluding hydrogens is 805 g/mol. The highest BCUT2D eigenvalue weighted by molar-refractivity contribution is 6.26. The summed E-state index contributed by atoms with van der Waals surface area (Å²) in [5, 5.41) is 15.3. The first-order valence-electron chi connectivity index (χ1n) is 23.5. The van der Waals surface area contributed by atoms with E-state index < -0.39 is 5.41 Å². The maximum atomic E-state index is 2.52. The summed E-state index contributed by atoms with van der Waals surface area (Å²) in [6.45, 7) is 0. The number of benzene rings is 13. The second-order valence-electron chi connectivity index (χ2n) is 18.6. The highest BCUT2D eigenvalue weighted by Crippen LogP contribution is 2.66. The topological polar surface area (TPSA) is 0 Å². The summed E-state index contributed by atoms with van der Waals surface area (Å²) in [6, 6.07) is 91.4. The average Bonchev–Trinajstić information content (AvgIpc) is 3.88. The van der Waals surface area contributed by atoms with Crippen molar-refractivity contribution in [3.8, 4) is 55.6 Å². The minimum atomic E-state index is -0.490. The third kappa shape index (κ3) is 4.86. The van der Waals surface area contributed by atoms with Crippen LogP contribution in [0.1, 0.15) is 22.3 Å². The van der Waals surface area contributed by atoms with E-state index in [1.165, 1.54) is 143 Å². The molecule has 1 spiro atoms. The normalized spacial score (nSPS) is 13.2. The van der Waals surface area contributed by atoms with Gasteiger partial charge in [0.15, 0.2) is 0 Å². The Kier molecular flexibility index (Phi) is 7.52. The molecule has 0 bridgehead atoms. The molecule has 67 heavy (non-hydrogen) atoms. The molecule has 2 aliphatic rings. The van der Waals surface area contributed by atoms with Crippen LogP contribution in [0.4, 0.5) is 0 Å². The minimum Gasteiger partial charge on any atom is -0.0619 e. The molecule has 2 aliphatic carbocycles. The van der Waals surface area contributed by atoms with Gasteiger partial charge in [-0.05, 0) is 149 Å². The van der Waals surface area contributed by atoms with Crippen molar-refractivity contribution in [3.05, 3.63) is 265 Å². The van der Waals surface area contributed by atoms with Gasteiger partial charge in [0, 0.05) is 0 Å². The molecule has 0 unspecified atom stereocenters. The molecule has 15 rings (SSSR count). The lowest BCUT2D eigenvalue weighted by molar-refractivity contribution is 0.802. The molecule has 0 aliphatic heterocycles. The maximum Gasteiger partial charge on any atom is 0.0732 e. The van der Waals surface area contributed by atoms with E-state index in [9.17, 15) is 0 Å². The first-order chi connectivity index (χ1) is 33.3. The molecule has 0 saturated carbocycles. The van der Waals surface area contributed by atoms with E-state index in [1.54, 1.807) is 0 Å². The fourth-order valence-corrected chi connectivity index (χ4v) is 12.8. The molecule has 0 N–H and O–H groups in total. The predicted octanol–water partition coefficient (Wildman–Crippen LogP) is 18.0. The summed E-state index contributed by atoms with van der Waals surface area (Å²) in [5.41, 5.74) is 17.9. The van der Waals surface area contributed by atoms with Crippen molar-refractivity contribution in [1.29, 1.82) is 0 Å². The molecule has 13 aromatic carbocycles. The fourth-order valence-electron chi connectivity index (χ4n) is 12.8. The second kappa shape index (κ2) is 13.7.